The van der Waals surface area contributed by atoms with E-state index in [0.29, 0.717) is 6.04 Å². The molecule has 0 saturated heterocycles. The first-order valence-corrected chi connectivity index (χ1v) is 9.88. The molecule has 0 aliphatic rings. The Balaban J connectivity index is 1.89. The van der Waals surface area contributed by atoms with Crippen molar-refractivity contribution in [1.82, 2.24) is 15.5 Å². The summed E-state index contributed by atoms with van der Waals surface area (Å²) < 4.78 is 5.42. The van der Waals surface area contributed by atoms with E-state index < -0.39 is 0 Å². The van der Waals surface area contributed by atoms with E-state index in [9.17, 15) is 0 Å². The van der Waals surface area contributed by atoms with Gasteiger partial charge in [-0.1, -0.05) is 42.5 Å². The lowest BCUT2D eigenvalue weighted by Gasteiger charge is -2.23. The third kappa shape index (κ3) is 6.57. The molecule has 0 saturated carbocycles. The lowest BCUT2D eigenvalue weighted by Crippen LogP contribution is -2.38. The highest BCUT2D eigenvalue weighted by Crippen LogP contribution is 2.17. The van der Waals surface area contributed by atoms with Crippen molar-refractivity contribution in [2.75, 3.05) is 27.7 Å². The Kier molecular flexibility index (Phi) is 8.82. The zero-order valence-electron chi connectivity index (χ0n) is 17.8. The van der Waals surface area contributed by atoms with Crippen LogP contribution in [0.2, 0.25) is 0 Å². The Morgan fingerprint density at radius 1 is 1.00 bits per heavy atom. The van der Waals surface area contributed by atoms with Gasteiger partial charge in [-0.2, -0.15) is 0 Å². The van der Waals surface area contributed by atoms with E-state index in [-0.39, 0.29) is 0 Å². The molecule has 2 N–H and O–H groups in total. The van der Waals surface area contributed by atoms with Gasteiger partial charge in [0, 0.05) is 32.7 Å². The molecule has 0 aromatic heterocycles. The van der Waals surface area contributed by atoms with Crippen molar-refractivity contribution in [3.8, 4) is 5.75 Å². The van der Waals surface area contributed by atoms with Crippen molar-refractivity contribution in [3.63, 3.8) is 0 Å². The molecule has 0 spiro atoms. The Hall–Kier alpha value is -2.53. The van der Waals surface area contributed by atoms with Crippen LogP contribution in [-0.4, -0.2) is 44.7 Å². The third-order valence-electron chi connectivity index (χ3n) is 4.97. The molecule has 0 atom stereocenters. The van der Waals surface area contributed by atoms with Crippen LogP contribution in [-0.2, 0) is 19.5 Å². The molecule has 5 heteroatoms. The lowest BCUT2D eigenvalue weighted by atomic mass is 10.1. The van der Waals surface area contributed by atoms with Crippen molar-refractivity contribution in [1.29, 1.82) is 0 Å². The van der Waals surface area contributed by atoms with Gasteiger partial charge in [0.05, 0.1) is 7.11 Å². The van der Waals surface area contributed by atoms with Crippen molar-refractivity contribution < 1.29 is 4.74 Å². The molecule has 0 aliphatic carbocycles. The minimum Gasteiger partial charge on any atom is -0.496 e. The van der Waals surface area contributed by atoms with Crippen molar-refractivity contribution in [3.05, 3.63) is 65.2 Å². The summed E-state index contributed by atoms with van der Waals surface area (Å²) in [6.07, 6.45) is 0.875. The molecule has 0 bridgehead atoms. The van der Waals surface area contributed by atoms with Gasteiger partial charge in [0.1, 0.15) is 5.75 Å². The zero-order chi connectivity index (χ0) is 20.4. The summed E-state index contributed by atoms with van der Waals surface area (Å²) in [5.74, 6) is 1.73. The van der Waals surface area contributed by atoms with E-state index >= 15 is 0 Å². The van der Waals surface area contributed by atoms with Crippen LogP contribution in [0, 0.1) is 0 Å². The Labute approximate surface area is 169 Å². The van der Waals surface area contributed by atoms with Crippen molar-refractivity contribution in [2.24, 2.45) is 4.99 Å². The molecule has 0 amide bonds. The van der Waals surface area contributed by atoms with Crippen LogP contribution in [0.3, 0.4) is 0 Å². The second-order valence-corrected chi connectivity index (χ2v) is 7.19. The minimum atomic E-state index is 0.519. The van der Waals surface area contributed by atoms with E-state index in [4.69, 9.17) is 4.74 Å². The predicted molar refractivity (Wildman–Crippen MR) is 118 cm³/mol. The highest BCUT2D eigenvalue weighted by molar-refractivity contribution is 5.79. The number of rotatable bonds is 9. The fraction of sp³-hybridized carbons (Fsp3) is 0.435. The summed E-state index contributed by atoms with van der Waals surface area (Å²) >= 11 is 0. The minimum absolute atomic E-state index is 0.519. The molecular formula is C23H34N4O. The van der Waals surface area contributed by atoms with Gasteiger partial charge in [-0.25, -0.2) is 0 Å². The Morgan fingerprint density at radius 2 is 1.64 bits per heavy atom. The molecular weight excluding hydrogens is 348 g/mol. The number of nitrogens with one attached hydrogen (secondary N) is 2. The standard InChI is InChI=1S/C23H34N4O/c1-18(2)27(4)17-21-12-7-6-11-20(21)16-26-23(24-3)25-15-14-19-10-8-9-13-22(19)28-5/h6-13,18H,14-17H2,1-5H3,(H2,24,25,26). The monoisotopic (exact) mass is 382 g/mol. The van der Waals surface area contributed by atoms with E-state index in [2.05, 4.69) is 71.8 Å². The van der Waals surface area contributed by atoms with Crippen molar-refractivity contribution in [2.45, 2.75) is 39.4 Å². The maximum absolute atomic E-state index is 5.42. The molecule has 0 unspecified atom stereocenters. The lowest BCUT2D eigenvalue weighted by molar-refractivity contribution is 0.265. The first-order chi connectivity index (χ1) is 13.5. The molecule has 5 nitrogen and oxygen atoms in total. The maximum Gasteiger partial charge on any atom is 0.191 e. The number of methoxy groups -OCH3 is 1. The highest BCUT2D eigenvalue weighted by atomic mass is 16.5. The van der Waals surface area contributed by atoms with Crippen LogP contribution in [0.15, 0.2) is 53.5 Å². The molecule has 0 aliphatic heterocycles. The fourth-order valence-corrected chi connectivity index (χ4v) is 2.96. The van der Waals surface area contributed by atoms with E-state index in [1.807, 2.05) is 18.2 Å². The van der Waals surface area contributed by atoms with Crippen LogP contribution >= 0.6 is 0 Å². The number of hydrogen-bond acceptors (Lipinski definition) is 3. The van der Waals surface area contributed by atoms with Gasteiger partial charge >= 0.3 is 0 Å². The van der Waals surface area contributed by atoms with E-state index in [1.165, 1.54) is 16.7 Å². The van der Waals surface area contributed by atoms with E-state index in [1.54, 1.807) is 14.2 Å². The van der Waals surface area contributed by atoms with Gasteiger partial charge in [0.25, 0.3) is 0 Å². The van der Waals surface area contributed by atoms with Gasteiger partial charge in [0.2, 0.25) is 0 Å². The molecule has 28 heavy (non-hydrogen) atoms. The highest BCUT2D eigenvalue weighted by Gasteiger charge is 2.09. The fourth-order valence-electron chi connectivity index (χ4n) is 2.96. The average molecular weight is 383 g/mol. The smallest absolute Gasteiger partial charge is 0.191 e. The summed E-state index contributed by atoms with van der Waals surface area (Å²) in [7, 11) is 5.67. The largest absolute Gasteiger partial charge is 0.496 e. The number of aliphatic imine (C=N–C) groups is 1. The normalized spacial score (nSPS) is 11.8. The first kappa shape index (κ1) is 21.8. The molecule has 152 valence electrons. The van der Waals surface area contributed by atoms with Crippen LogP contribution in [0.1, 0.15) is 30.5 Å². The van der Waals surface area contributed by atoms with Gasteiger partial charge in [0.15, 0.2) is 5.96 Å². The number of ether oxygens (including phenoxy) is 1. The zero-order valence-corrected chi connectivity index (χ0v) is 17.8. The van der Waals surface area contributed by atoms with Crippen LogP contribution in [0.5, 0.6) is 5.75 Å². The van der Waals surface area contributed by atoms with Crippen LogP contribution in [0.4, 0.5) is 0 Å². The van der Waals surface area contributed by atoms with Crippen LogP contribution < -0.4 is 15.4 Å². The number of para-hydroxylation sites is 1. The third-order valence-corrected chi connectivity index (χ3v) is 4.97. The quantitative estimate of drug-likeness (QED) is 0.515. The van der Waals surface area contributed by atoms with Gasteiger partial charge in [-0.3, -0.25) is 9.89 Å². The number of guanidine groups is 1. The van der Waals surface area contributed by atoms with Gasteiger partial charge < -0.3 is 15.4 Å². The van der Waals surface area contributed by atoms with Gasteiger partial charge in [-0.15, -0.1) is 0 Å². The predicted octanol–water partition coefficient (Wildman–Crippen LogP) is 3.44. The molecule has 0 radical (unpaired) electrons. The summed E-state index contributed by atoms with van der Waals surface area (Å²) in [4.78, 5) is 6.69. The molecule has 0 heterocycles. The number of hydrogen-bond donors (Lipinski definition) is 2. The summed E-state index contributed by atoms with van der Waals surface area (Å²) in [6.45, 7) is 6.91. The second kappa shape index (κ2) is 11.3. The summed E-state index contributed by atoms with van der Waals surface area (Å²) in [5, 5.41) is 6.82. The average Bonchev–Trinajstić information content (AvgIpc) is 2.71. The molecule has 2 rings (SSSR count). The Bertz CT molecular complexity index is 758. The second-order valence-electron chi connectivity index (χ2n) is 7.19. The SMILES string of the molecule is CN=C(NCCc1ccccc1OC)NCc1ccccc1CN(C)C(C)C. The van der Waals surface area contributed by atoms with Gasteiger partial charge in [-0.05, 0) is 50.1 Å². The molecule has 2 aromatic carbocycles. The van der Waals surface area contributed by atoms with E-state index in [0.717, 1.165) is 37.8 Å². The summed E-state index contributed by atoms with van der Waals surface area (Å²) in [6, 6.07) is 17.2. The summed E-state index contributed by atoms with van der Waals surface area (Å²) in [5.41, 5.74) is 3.83. The van der Waals surface area contributed by atoms with Crippen molar-refractivity contribution >= 4 is 5.96 Å². The molecule has 0 fully saturated rings. The maximum atomic E-state index is 5.42. The molecule has 2 aromatic rings. The Morgan fingerprint density at radius 3 is 2.29 bits per heavy atom. The van der Waals surface area contributed by atoms with Crippen LogP contribution in [0.25, 0.3) is 0 Å². The number of benzene rings is 2. The first-order valence-electron chi connectivity index (χ1n) is 9.88. The number of nitrogens with zero attached hydrogens (tertiary/aromatic N) is 2. The topological polar surface area (TPSA) is 48.9 Å².